The highest BCUT2D eigenvalue weighted by molar-refractivity contribution is 6.28. The van der Waals surface area contributed by atoms with E-state index in [0.29, 0.717) is 25.7 Å². The number of halogens is 1. The highest BCUT2D eigenvalue weighted by atomic mass is 35.5. The molecular formula is C11H19ClN4O2. The molecule has 1 heterocycles. The molecule has 1 N–H and O–H groups in total. The lowest BCUT2D eigenvalue weighted by Crippen LogP contribution is -2.13. The number of hydrogen-bond donors (Lipinski definition) is 1. The topological polar surface area (TPSA) is 69.2 Å². The second-order valence-electron chi connectivity index (χ2n) is 3.54. The molecule has 0 aromatic carbocycles. The first-order valence-electron chi connectivity index (χ1n) is 6.12. The molecule has 18 heavy (non-hydrogen) atoms. The van der Waals surface area contributed by atoms with Crippen molar-refractivity contribution in [3.8, 4) is 6.01 Å². The Kier molecular flexibility index (Phi) is 7.36. The summed E-state index contributed by atoms with van der Waals surface area (Å²) >= 11 is 5.75. The highest BCUT2D eigenvalue weighted by Gasteiger charge is 2.04. The molecule has 1 aromatic heterocycles. The third-order valence-corrected chi connectivity index (χ3v) is 2.20. The molecule has 0 aliphatic rings. The molecule has 1 aromatic rings. The molecule has 1 rings (SSSR count). The van der Waals surface area contributed by atoms with Crippen LogP contribution >= 0.6 is 11.6 Å². The van der Waals surface area contributed by atoms with Gasteiger partial charge in [-0.15, -0.1) is 0 Å². The largest absolute Gasteiger partial charge is 0.464 e. The lowest BCUT2D eigenvalue weighted by Gasteiger charge is -2.07. The number of aromatic nitrogens is 3. The van der Waals surface area contributed by atoms with Crippen LogP contribution in [0.3, 0.4) is 0 Å². The van der Waals surface area contributed by atoms with E-state index in [9.17, 15) is 0 Å². The summed E-state index contributed by atoms with van der Waals surface area (Å²) in [5.41, 5.74) is 0. The van der Waals surface area contributed by atoms with Gasteiger partial charge in [0.25, 0.3) is 0 Å². The van der Waals surface area contributed by atoms with E-state index in [2.05, 4.69) is 27.2 Å². The predicted molar refractivity (Wildman–Crippen MR) is 70.2 cm³/mol. The summed E-state index contributed by atoms with van der Waals surface area (Å²) in [5, 5.41) is 3.12. The van der Waals surface area contributed by atoms with Gasteiger partial charge < -0.3 is 14.8 Å². The molecule has 0 aliphatic carbocycles. The first kappa shape index (κ1) is 14.9. The van der Waals surface area contributed by atoms with E-state index in [4.69, 9.17) is 21.1 Å². The van der Waals surface area contributed by atoms with Crippen molar-refractivity contribution in [1.82, 2.24) is 15.0 Å². The zero-order chi connectivity index (χ0) is 13.2. The van der Waals surface area contributed by atoms with Crippen LogP contribution in [0.15, 0.2) is 0 Å². The smallest absolute Gasteiger partial charge is 0.322 e. The molecule has 0 bridgehead atoms. The second-order valence-corrected chi connectivity index (χ2v) is 3.87. The molecule has 0 fully saturated rings. The Bertz CT molecular complexity index is 352. The zero-order valence-electron chi connectivity index (χ0n) is 10.8. The normalized spacial score (nSPS) is 10.4. The van der Waals surface area contributed by atoms with Crippen LogP contribution in [0, 0.1) is 0 Å². The summed E-state index contributed by atoms with van der Waals surface area (Å²) in [4.78, 5) is 11.9. The van der Waals surface area contributed by atoms with Crippen molar-refractivity contribution in [1.29, 1.82) is 0 Å². The lowest BCUT2D eigenvalue weighted by molar-refractivity contribution is 0.141. The van der Waals surface area contributed by atoms with Gasteiger partial charge in [-0.1, -0.05) is 13.3 Å². The number of nitrogens with zero attached hydrogens (tertiary/aromatic N) is 3. The van der Waals surface area contributed by atoms with E-state index in [0.717, 1.165) is 19.4 Å². The maximum atomic E-state index is 5.75. The van der Waals surface area contributed by atoms with Crippen LogP contribution in [0.2, 0.25) is 5.28 Å². The molecular weight excluding hydrogens is 256 g/mol. The van der Waals surface area contributed by atoms with E-state index in [-0.39, 0.29) is 11.3 Å². The third-order valence-electron chi connectivity index (χ3n) is 2.03. The average Bonchev–Trinajstić information content (AvgIpc) is 2.33. The minimum absolute atomic E-state index is 0.114. The van der Waals surface area contributed by atoms with Gasteiger partial charge in [-0.25, -0.2) is 0 Å². The maximum Gasteiger partial charge on any atom is 0.322 e. The van der Waals surface area contributed by atoms with Gasteiger partial charge in [0.15, 0.2) is 0 Å². The summed E-state index contributed by atoms with van der Waals surface area (Å²) < 4.78 is 10.6. The molecule has 0 saturated carbocycles. The monoisotopic (exact) mass is 274 g/mol. The highest BCUT2D eigenvalue weighted by Crippen LogP contribution is 2.10. The van der Waals surface area contributed by atoms with Gasteiger partial charge >= 0.3 is 6.01 Å². The standard InChI is InChI=1S/C11H19ClN4O2/c1-3-5-7-17-8-6-13-10-14-9(12)15-11(16-10)18-4-2/h3-8H2,1-2H3,(H,13,14,15,16). The fraction of sp³-hybridized carbons (Fsp3) is 0.727. The molecule has 0 unspecified atom stereocenters. The van der Waals surface area contributed by atoms with Gasteiger partial charge in [0.1, 0.15) is 0 Å². The van der Waals surface area contributed by atoms with Gasteiger partial charge in [0.2, 0.25) is 11.2 Å². The fourth-order valence-corrected chi connectivity index (χ4v) is 1.34. The van der Waals surface area contributed by atoms with Gasteiger partial charge in [0, 0.05) is 13.2 Å². The molecule has 0 radical (unpaired) electrons. The number of hydrogen-bond acceptors (Lipinski definition) is 6. The van der Waals surface area contributed by atoms with E-state index in [1.165, 1.54) is 0 Å². The van der Waals surface area contributed by atoms with Crippen LogP contribution < -0.4 is 10.1 Å². The zero-order valence-corrected chi connectivity index (χ0v) is 11.5. The molecule has 0 spiro atoms. The Hall–Kier alpha value is -1.14. The van der Waals surface area contributed by atoms with Crippen molar-refractivity contribution in [2.45, 2.75) is 26.7 Å². The maximum absolute atomic E-state index is 5.75. The van der Waals surface area contributed by atoms with E-state index in [1.54, 1.807) is 0 Å². The molecule has 0 atom stereocenters. The van der Waals surface area contributed by atoms with Crippen molar-refractivity contribution < 1.29 is 9.47 Å². The van der Waals surface area contributed by atoms with Gasteiger partial charge in [-0.05, 0) is 24.9 Å². The Morgan fingerprint density at radius 2 is 2.00 bits per heavy atom. The van der Waals surface area contributed by atoms with Gasteiger partial charge in [-0.3, -0.25) is 0 Å². The molecule has 7 heteroatoms. The number of nitrogens with one attached hydrogen (secondary N) is 1. The summed E-state index contributed by atoms with van der Waals surface area (Å²) in [7, 11) is 0. The summed E-state index contributed by atoms with van der Waals surface area (Å²) in [5.74, 6) is 0.401. The average molecular weight is 275 g/mol. The third kappa shape index (κ3) is 5.97. The molecule has 102 valence electrons. The predicted octanol–water partition coefficient (Wildman–Crippen LogP) is 2.15. The van der Waals surface area contributed by atoms with Crippen LogP contribution in [0.4, 0.5) is 5.95 Å². The fourth-order valence-electron chi connectivity index (χ4n) is 1.19. The summed E-state index contributed by atoms with van der Waals surface area (Å²) in [6, 6.07) is 0.229. The van der Waals surface area contributed by atoms with Crippen LogP contribution in [-0.2, 0) is 4.74 Å². The van der Waals surface area contributed by atoms with Gasteiger partial charge in [0.05, 0.1) is 13.2 Å². The number of ether oxygens (including phenoxy) is 2. The van der Waals surface area contributed by atoms with Crippen LogP contribution in [-0.4, -0.2) is 41.3 Å². The van der Waals surface area contributed by atoms with E-state index in [1.807, 2.05) is 6.92 Å². The molecule has 0 saturated heterocycles. The Morgan fingerprint density at radius 1 is 1.17 bits per heavy atom. The quantitative estimate of drug-likeness (QED) is 0.696. The Labute approximate surface area is 112 Å². The summed E-state index contributed by atoms with van der Waals surface area (Å²) in [6.45, 7) is 6.47. The van der Waals surface area contributed by atoms with Crippen molar-refractivity contribution >= 4 is 17.5 Å². The minimum Gasteiger partial charge on any atom is -0.464 e. The van der Waals surface area contributed by atoms with Crippen LogP contribution in [0.5, 0.6) is 6.01 Å². The summed E-state index contributed by atoms with van der Waals surface area (Å²) in [6.07, 6.45) is 2.21. The van der Waals surface area contributed by atoms with Crippen molar-refractivity contribution in [3.63, 3.8) is 0 Å². The number of anilines is 1. The number of rotatable bonds is 9. The van der Waals surface area contributed by atoms with Crippen molar-refractivity contribution in [3.05, 3.63) is 5.28 Å². The molecule has 0 amide bonds. The van der Waals surface area contributed by atoms with Gasteiger partial charge in [-0.2, -0.15) is 15.0 Å². The van der Waals surface area contributed by atoms with Crippen LogP contribution in [0.25, 0.3) is 0 Å². The first-order chi connectivity index (χ1) is 8.76. The second kappa shape index (κ2) is 8.88. The SMILES string of the molecule is CCCCOCCNc1nc(Cl)nc(OCC)n1. The van der Waals surface area contributed by atoms with Crippen molar-refractivity contribution in [2.75, 3.05) is 31.7 Å². The lowest BCUT2D eigenvalue weighted by atomic mass is 10.4. The molecule has 0 aliphatic heterocycles. The van der Waals surface area contributed by atoms with E-state index < -0.39 is 0 Å². The number of unbranched alkanes of at least 4 members (excludes halogenated alkanes) is 1. The van der Waals surface area contributed by atoms with E-state index >= 15 is 0 Å². The molecule has 6 nitrogen and oxygen atoms in total. The van der Waals surface area contributed by atoms with Crippen LogP contribution in [0.1, 0.15) is 26.7 Å². The minimum atomic E-state index is 0.114. The first-order valence-corrected chi connectivity index (χ1v) is 6.50. The Morgan fingerprint density at radius 3 is 2.72 bits per heavy atom. The van der Waals surface area contributed by atoms with Crippen molar-refractivity contribution in [2.24, 2.45) is 0 Å². The Balaban J connectivity index is 2.32.